The van der Waals surface area contributed by atoms with Gasteiger partial charge in [-0.25, -0.2) is 0 Å². The van der Waals surface area contributed by atoms with Crippen LogP contribution >= 0.6 is 35.6 Å². The topological polar surface area (TPSA) is 23.5 Å². The third kappa shape index (κ3) is 5.77. The molecule has 18 heavy (non-hydrogen) atoms. The van der Waals surface area contributed by atoms with E-state index in [1.54, 1.807) is 6.07 Å². The maximum absolute atomic E-state index is 9.42. The number of aliphatic hydroxyl groups excluding tert-OH is 1. The Labute approximate surface area is 125 Å². The maximum Gasteiger partial charge on any atom is 0.0595 e. The fourth-order valence-electron chi connectivity index (χ4n) is 1.78. The van der Waals surface area contributed by atoms with Crippen molar-refractivity contribution >= 4 is 35.6 Å². The van der Waals surface area contributed by atoms with Crippen LogP contribution in [0, 0.1) is 0 Å². The van der Waals surface area contributed by atoms with E-state index in [9.17, 15) is 5.11 Å². The van der Waals surface area contributed by atoms with Gasteiger partial charge in [0.25, 0.3) is 0 Å². The van der Waals surface area contributed by atoms with E-state index in [2.05, 4.69) is 4.90 Å². The molecule has 0 saturated heterocycles. The Kier molecular flexibility index (Phi) is 9.01. The smallest absolute Gasteiger partial charge is 0.0595 e. The van der Waals surface area contributed by atoms with Gasteiger partial charge in [0.1, 0.15) is 0 Å². The minimum atomic E-state index is 0. The highest BCUT2D eigenvalue weighted by Crippen LogP contribution is 2.28. The summed E-state index contributed by atoms with van der Waals surface area (Å²) >= 11 is 11.9. The zero-order valence-corrected chi connectivity index (χ0v) is 13.0. The maximum atomic E-state index is 9.42. The van der Waals surface area contributed by atoms with E-state index in [4.69, 9.17) is 23.2 Å². The Hall–Kier alpha value is 0.01000. The van der Waals surface area contributed by atoms with Crippen LogP contribution in [0.1, 0.15) is 24.3 Å². The molecule has 0 bridgehead atoms. The van der Waals surface area contributed by atoms with E-state index in [1.165, 1.54) is 0 Å². The van der Waals surface area contributed by atoms with E-state index in [1.807, 2.05) is 26.2 Å². The molecular formula is C13H20Cl3NO. The standard InChI is InChI=1S/C13H19Cl2NO.ClH/c1-16(2)7-3-4-11(9-17)10-5-6-12(14)13(15)8-10;/h5-6,8,11,17H,3-4,7,9H2,1-2H3;1H. The molecule has 0 saturated carbocycles. The van der Waals surface area contributed by atoms with E-state index >= 15 is 0 Å². The lowest BCUT2D eigenvalue weighted by Crippen LogP contribution is -2.14. The average Bonchev–Trinajstić information content (AvgIpc) is 2.28. The van der Waals surface area contributed by atoms with Crippen LogP contribution in [0.4, 0.5) is 0 Å². The van der Waals surface area contributed by atoms with Crippen LogP contribution < -0.4 is 0 Å². The van der Waals surface area contributed by atoms with Crippen molar-refractivity contribution in [3.8, 4) is 0 Å². The number of rotatable bonds is 6. The summed E-state index contributed by atoms with van der Waals surface area (Å²) in [6.07, 6.45) is 2.01. The van der Waals surface area contributed by atoms with Crippen LogP contribution in [0.3, 0.4) is 0 Å². The molecule has 0 fully saturated rings. The van der Waals surface area contributed by atoms with Gasteiger partial charge >= 0.3 is 0 Å². The third-order valence-corrected chi connectivity index (χ3v) is 3.53. The van der Waals surface area contributed by atoms with E-state index in [0.717, 1.165) is 24.9 Å². The van der Waals surface area contributed by atoms with Crippen molar-refractivity contribution in [2.24, 2.45) is 0 Å². The zero-order valence-electron chi connectivity index (χ0n) is 10.7. The highest BCUT2D eigenvalue weighted by atomic mass is 35.5. The molecule has 0 amide bonds. The molecule has 0 aliphatic carbocycles. The minimum Gasteiger partial charge on any atom is -0.396 e. The lowest BCUT2D eigenvalue weighted by molar-refractivity contribution is 0.252. The van der Waals surface area contributed by atoms with Gasteiger partial charge in [-0.3, -0.25) is 0 Å². The Morgan fingerprint density at radius 1 is 1.22 bits per heavy atom. The molecule has 1 aromatic carbocycles. The van der Waals surface area contributed by atoms with Crippen LogP contribution in [-0.4, -0.2) is 37.3 Å². The van der Waals surface area contributed by atoms with Crippen molar-refractivity contribution < 1.29 is 5.11 Å². The quantitative estimate of drug-likeness (QED) is 0.863. The summed E-state index contributed by atoms with van der Waals surface area (Å²) in [5, 5.41) is 10.5. The summed E-state index contributed by atoms with van der Waals surface area (Å²) < 4.78 is 0. The number of halogens is 3. The number of hydrogen-bond acceptors (Lipinski definition) is 2. The van der Waals surface area contributed by atoms with Gasteiger partial charge in [0, 0.05) is 12.5 Å². The second kappa shape index (κ2) is 9.00. The molecule has 0 aliphatic heterocycles. The third-order valence-electron chi connectivity index (χ3n) is 2.79. The first-order chi connectivity index (χ1) is 8.04. The summed E-state index contributed by atoms with van der Waals surface area (Å²) in [6.45, 7) is 1.17. The molecule has 5 heteroatoms. The van der Waals surface area contributed by atoms with Gasteiger partial charge in [-0.1, -0.05) is 29.3 Å². The highest BCUT2D eigenvalue weighted by molar-refractivity contribution is 6.42. The van der Waals surface area contributed by atoms with Gasteiger partial charge in [0.05, 0.1) is 10.0 Å². The number of benzene rings is 1. The van der Waals surface area contributed by atoms with Gasteiger partial charge in [0.2, 0.25) is 0 Å². The first-order valence-corrected chi connectivity index (χ1v) is 6.50. The number of nitrogens with zero attached hydrogens (tertiary/aromatic N) is 1. The Morgan fingerprint density at radius 3 is 2.39 bits per heavy atom. The molecule has 2 nitrogen and oxygen atoms in total. The molecule has 1 N–H and O–H groups in total. The van der Waals surface area contributed by atoms with Gasteiger partial charge in [0.15, 0.2) is 0 Å². The summed E-state index contributed by atoms with van der Waals surface area (Å²) in [6, 6.07) is 5.57. The molecule has 1 atom stereocenters. The molecule has 0 heterocycles. The molecule has 0 spiro atoms. The number of hydrogen-bond donors (Lipinski definition) is 1. The molecule has 0 aromatic heterocycles. The van der Waals surface area contributed by atoms with Gasteiger partial charge in [-0.15, -0.1) is 12.4 Å². The van der Waals surface area contributed by atoms with Crippen molar-refractivity contribution in [3.05, 3.63) is 33.8 Å². The van der Waals surface area contributed by atoms with Crippen molar-refractivity contribution in [3.63, 3.8) is 0 Å². The molecular weight excluding hydrogens is 293 g/mol. The molecule has 1 rings (SSSR count). The Balaban J connectivity index is 0.00000289. The van der Waals surface area contributed by atoms with Crippen molar-refractivity contribution in [1.82, 2.24) is 4.90 Å². The minimum absolute atomic E-state index is 0. The normalized spacial score (nSPS) is 12.3. The Bertz CT molecular complexity index is 358. The monoisotopic (exact) mass is 311 g/mol. The lowest BCUT2D eigenvalue weighted by atomic mass is 9.95. The molecule has 0 radical (unpaired) electrons. The SMILES string of the molecule is CN(C)CCCC(CO)c1ccc(Cl)c(Cl)c1.Cl. The van der Waals surface area contributed by atoms with Crippen molar-refractivity contribution in [1.29, 1.82) is 0 Å². The first-order valence-electron chi connectivity index (χ1n) is 5.75. The van der Waals surface area contributed by atoms with Crippen LogP contribution in [0.25, 0.3) is 0 Å². The lowest BCUT2D eigenvalue weighted by Gasteiger charge is -2.16. The Morgan fingerprint density at radius 2 is 1.89 bits per heavy atom. The van der Waals surface area contributed by atoms with Gasteiger partial charge in [-0.2, -0.15) is 0 Å². The molecule has 104 valence electrons. The molecule has 1 aromatic rings. The summed E-state index contributed by atoms with van der Waals surface area (Å²) in [5.41, 5.74) is 1.06. The van der Waals surface area contributed by atoms with Crippen LogP contribution in [-0.2, 0) is 0 Å². The average molecular weight is 313 g/mol. The first kappa shape index (κ1) is 18.0. The second-order valence-electron chi connectivity index (χ2n) is 4.50. The predicted octanol–water partition coefficient (Wildman–Crippen LogP) is 3.83. The van der Waals surface area contributed by atoms with E-state index in [0.29, 0.717) is 10.0 Å². The zero-order chi connectivity index (χ0) is 12.8. The number of aliphatic hydroxyl groups is 1. The highest BCUT2D eigenvalue weighted by Gasteiger charge is 2.11. The van der Waals surface area contributed by atoms with Gasteiger partial charge in [-0.05, 0) is 51.2 Å². The van der Waals surface area contributed by atoms with Crippen molar-refractivity contribution in [2.75, 3.05) is 27.2 Å². The van der Waals surface area contributed by atoms with Crippen LogP contribution in [0.2, 0.25) is 10.0 Å². The molecule has 1 unspecified atom stereocenters. The van der Waals surface area contributed by atoms with Crippen molar-refractivity contribution in [2.45, 2.75) is 18.8 Å². The predicted molar refractivity (Wildman–Crippen MR) is 81.3 cm³/mol. The van der Waals surface area contributed by atoms with Crippen LogP contribution in [0.5, 0.6) is 0 Å². The van der Waals surface area contributed by atoms with E-state index in [-0.39, 0.29) is 24.9 Å². The summed E-state index contributed by atoms with van der Waals surface area (Å²) in [7, 11) is 4.10. The fourth-order valence-corrected chi connectivity index (χ4v) is 2.09. The molecule has 0 aliphatic rings. The van der Waals surface area contributed by atoms with E-state index < -0.39 is 0 Å². The second-order valence-corrected chi connectivity index (χ2v) is 5.31. The summed E-state index contributed by atoms with van der Waals surface area (Å²) in [5.74, 6) is 0.143. The van der Waals surface area contributed by atoms with Gasteiger partial charge < -0.3 is 10.0 Å². The fraction of sp³-hybridized carbons (Fsp3) is 0.538. The largest absolute Gasteiger partial charge is 0.396 e. The van der Waals surface area contributed by atoms with Crippen LogP contribution in [0.15, 0.2) is 18.2 Å². The summed E-state index contributed by atoms with van der Waals surface area (Å²) in [4.78, 5) is 2.14.